The van der Waals surface area contributed by atoms with Gasteiger partial charge in [0, 0.05) is 61.6 Å². The Morgan fingerprint density at radius 2 is 0.906 bits per heavy atom. The van der Waals surface area contributed by atoms with Gasteiger partial charge in [0.15, 0.2) is 0 Å². The number of rotatable bonds is 15. The summed E-state index contributed by atoms with van der Waals surface area (Å²) in [7, 11) is 6.16. The molecule has 2 rings (SSSR count). The van der Waals surface area contributed by atoms with E-state index in [-0.39, 0.29) is 8.89 Å². The smallest absolute Gasteiger partial charge is 0.271 e. The summed E-state index contributed by atoms with van der Waals surface area (Å²) in [6.07, 6.45) is 10.1. The van der Waals surface area contributed by atoms with Crippen LogP contribution in [0, 0.1) is 0 Å². The van der Waals surface area contributed by atoms with E-state index in [9.17, 15) is 9.59 Å². The number of unbranched alkanes of at least 4 members (excludes halogenated alkanes) is 7. The maximum Gasteiger partial charge on any atom is 0.271 e. The number of carbonyl (C=O) groups excluding carboxylic acids is 2. The van der Waals surface area contributed by atoms with Gasteiger partial charge in [0.2, 0.25) is 0 Å². The number of hydrogen-bond donors (Lipinski definition) is 0. The zero-order valence-corrected chi connectivity index (χ0v) is 23.6. The Labute approximate surface area is 218 Å². The number of ether oxygens (including phenoxy) is 2. The van der Waals surface area contributed by atoms with Crippen LogP contribution < -0.4 is 0 Å². The summed E-state index contributed by atoms with van der Waals surface area (Å²) in [6, 6.07) is 0. The first-order valence-electron chi connectivity index (χ1n) is 11.4. The van der Waals surface area contributed by atoms with Crippen molar-refractivity contribution in [3.8, 4) is 0 Å². The second-order valence-corrected chi connectivity index (χ2v) is 14.8. The highest BCUT2D eigenvalue weighted by Gasteiger charge is 2.16. The number of hydrogen-bond acceptors (Lipinski definition) is 12. The molecular weight excluding hydrogens is 525 g/mol. The zero-order valence-electron chi connectivity index (χ0n) is 18.7. The lowest BCUT2D eigenvalue weighted by atomic mass is 10.1. The van der Waals surface area contributed by atoms with Gasteiger partial charge in [-0.1, -0.05) is 60.1 Å². The minimum Gasteiger partial charge on any atom is -0.379 e. The van der Waals surface area contributed by atoms with Crippen molar-refractivity contribution in [1.29, 1.82) is 0 Å². The average molecular weight is 561 g/mol. The summed E-state index contributed by atoms with van der Waals surface area (Å²) >= 11 is 2.69. The molecule has 0 aromatic carbocycles. The molecule has 12 heteroatoms. The van der Waals surface area contributed by atoms with Crippen molar-refractivity contribution in [3.05, 3.63) is 0 Å². The molecule has 0 aromatic rings. The number of morpholine rings is 2. The molecule has 0 atom stereocenters. The summed E-state index contributed by atoms with van der Waals surface area (Å²) < 4.78 is 15.2. The van der Waals surface area contributed by atoms with Gasteiger partial charge in [-0.3, -0.25) is 9.59 Å². The van der Waals surface area contributed by atoms with Crippen LogP contribution in [0.3, 0.4) is 0 Å². The van der Waals surface area contributed by atoms with Crippen LogP contribution in [0.15, 0.2) is 0 Å². The van der Waals surface area contributed by atoms with E-state index < -0.39 is 0 Å². The minimum absolute atomic E-state index is 0.189. The Morgan fingerprint density at radius 3 is 1.28 bits per heavy atom. The van der Waals surface area contributed by atoms with E-state index in [1.165, 1.54) is 96.9 Å². The molecule has 0 spiro atoms. The Bertz CT molecular complexity index is 464. The molecule has 0 aromatic heterocycles. The van der Waals surface area contributed by atoms with Crippen molar-refractivity contribution in [2.24, 2.45) is 0 Å². The summed E-state index contributed by atoms with van der Waals surface area (Å²) in [6.45, 7) is 6.28. The SMILES string of the molecule is O=C(SSCCCCCCCCCCSSC(=O)SN1CCOCC1)SN1CCOCC1. The molecule has 0 bridgehead atoms. The normalized spacial score (nSPS) is 18.1. The van der Waals surface area contributed by atoms with Crippen LogP contribution in [0.4, 0.5) is 9.59 Å². The Balaban J connectivity index is 1.26. The quantitative estimate of drug-likeness (QED) is 0.117. The molecule has 6 nitrogen and oxygen atoms in total. The van der Waals surface area contributed by atoms with Gasteiger partial charge in [0.05, 0.1) is 26.4 Å². The lowest BCUT2D eigenvalue weighted by molar-refractivity contribution is 0.0775. The molecular formula is C20H36N2O4S6. The summed E-state index contributed by atoms with van der Waals surface area (Å²) in [5, 5.41) is 0. The maximum absolute atomic E-state index is 11.9. The predicted octanol–water partition coefficient (Wildman–Crippen LogP) is 7.07. The van der Waals surface area contributed by atoms with E-state index in [4.69, 9.17) is 9.47 Å². The highest BCUT2D eigenvalue weighted by molar-refractivity contribution is 8.86. The lowest BCUT2D eigenvalue weighted by Gasteiger charge is -2.23. The van der Waals surface area contributed by atoms with Crippen molar-refractivity contribution >= 4 is 76.0 Å². The fraction of sp³-hybridized carbons (Fsp3) is 0.900. The molecule has 0 saturated carbocycles. The van der Waals surface area contributed by atoms with Crippen LogP contribution in [-0.4, -0.2) is 81.6 Å². The standard InChI is InChI=1S/C20H36N2O4S6/c23-19(29-21-9-13-25-14-10-21)31-27-17-7-5-3-1-2-4-6-8-18-28-32-20(24)30-22-11-15-26-16-12-22/h1-18H2. The average Bonchev–Trinajstić information content (AvgIpc) is 2.80. The van der Waals surface area contributed by atoms with E-state index in [1.54, 1.807) is 21.6 Å². The molecule has 2 aliphatic heterocycles. The van der Waals surface area contributed by atoms with Crippen molar-refractivity contribution in [3.63, 3.8) is 0 Å². The van der Waals surface area contributed by atoms with Crippen LogP contribution >= 0.6 is 67.1 Å². The second-order valence-electron chi connectivity index (χ2n) is 7.40. The topological polar surface area (TPSA) is 59.1 Å². The van der Waals surface area contributed by atoms with E-state index in [0.29, 0.717) is 0 Å². The molecule has 0 unspecified atom stereocenters. The highest BCUT2D eigenvalue weighted by Crippen LogP contribution is 2.32. The molecule has 0 amide bonds. The van der Waals surface area contributed by atoms with Gasteiger partial charge >= 0.3 is 0 Å². The van der Waals surface area contributed by atoms with Gasteiger partial charge in [-0.2, -0.15) is 0 Å². The van der Waals surface area contributed by atoms with Crippen molar-refractivity contribution in [2.45, 2.75) is 51.4 Å². The molecule has 2 fully saturated rings. The predicted molar refractivity (Wildman–Crippen MR) is 148 cm³/mol. The molecule has 0 radical (unpaired) electrons. The Kier molecular flexibility index (Phi) is 18.9. The zero-order chi connectivity index (χ0) is 22.7. The van der Waals surface area contributed by atoms with Crippen LogP contribution in [0.5, 0.6) is 0 Å². The monoisotopic (exact) mass is 560 g/mol. The third kappa shape index (κ3) is 16.0. The first kappa shape index (κ1) is 29.5. The molecule has 0 aliphatic carbocycles. The summed E-state index contributed by atoms with van der Waals surface area (Å²) in [5.74, 6) is 2.11. The minimum atomic E-state index is 0.189. The first-order chi connectivity index (χ1) is 15.7. The molecule has 186 valence electrons. The number of carbonyl (C=O) groups is 2. The van der Waals surface area contributed by atoms with Gasteiger partial charge in [0.25, 0.3) is 8.89 Å². The Morgan fingerprint density at radius 1 is 0.562 bits per heavy atom. The number of nitrogens with zero attached hydrogens (tertiary/aromatic N) is 2. The molecule has 2 saturated heterocycles. The molecule has 2 heterocycles. The van der Waals surface area contributed by atoms with Crippen molar-refractivity contribution in [1.82, 2.24) is 8.61 Å². The van der Waals surface area contributed by atoms with E-state index >= 15 is 0 Å². The third-order valence-electron chi connectivity index (χ3n) is 4.81. The van der Waals surface area contributed by atoms with E-state index in [0.717, 1.165) is 64.1 Å². The highest BCUT2D eigenvalue weighted by atomic mass is 33.1. The Hall–Kier alpha value is 1.28. The molecule has 2 aliphatic rings. The largest absolute Gasteiger partial charge is 0.379 e. The van der Waals surface area contributed by atoms with Crippen molar-refractivity contribution in [2.75, 3.05) is 64.1 Å². The van der Waals surface area contributed by atoms with Crippen LogP contribution in [0.1, 0.15) is 51.4 Å². The fourth-order valence-electron chi connectivity index (χ4n) is 3.08. The lowest BCUT2D eigenvalue weighted by Crippen LogP contribution is -2.31. The van der Waals surface area contributed by atoms with Gasteiger partial charge in [-0.05, 0) is 34.4 Å². The first-order valence-corrected chi connectivity index (χ1v) is 17.6. The summed E-state index contributed by atoms with van der Waals surface area (Å²) in [5.41, 5.74) is 0. The van der Waals surface area contributed by atoms with E-state index in [2.05, 4.69) is 8.61 Å². The molecule has 32 heavy (non-hydrogen) atoms. The summed E-state index contributed by atoms with van der Waals surface area (Å²) in [4.78, 5) is 23.8. The second kappa shape index (κ2) is 20.5. The molecule has 0 N–H and O–H groups in total. The van der Waals surface area contributed by atoms with Gasteiger partial charge in [-0.25, -0.2) is 8.61 Å². The van der Waals surface area contributed by atoms with Crippen LogP contribution in [0.25, 0.3) is 0 Å². The van der Waals surface area contributed by atoms with Gasteiger partial charge in [0.1, 0.15) is 0 Å². The third-order valence-corrected chi connectivity index (χ3v) is 12.0. The maximum atomic E-state index is 11.9. The van der Waals surface area contributed by atoms with Gasteiger partial charge < -0.3 is 9.47 Å². The van der Waals surface area contributed by atoms with Crippen molar-refractivity contribution < 1.29 is 19.1 Å². The van der Waals surface area contributed by atoms with Crippen LogP contribution in [0.2, 0.25) is 0 Å². The fourth-order valence-corrected chi connectivity index (χ4v) is 9.24. The van der Waals surface area contributed by atoms with Gasteiger partial charge in [-0.15, -0.1) is 0 Å². The van der Waals surface area contributed by atoms with Crippen LogP contribution in [-0.2, 0) is 9.47 Å². The van der Waals surface area contributed by atoms with E-state index in [1.807, 2.05) is 0 Å².